The first kappa shape index (κ1) is 32.3. The smallest absolute Gasteiger partial charge is 0.251 e. The Labute approximate surface area is 247 Å². The molecule has 2 aromatic rings. The Morgan fingerprint density at radius 2 is 1.67 bits per heavy atom. The SMILES string of the molecule is CC(C)C.CN(CC(=O)N1CC(C(=O)Nc2ccccc2)CC1C#N)C(=O)C(CC1CC1)NC(=O)c1ccc(F)cc1. The van der Waals surface area contributed by atoms with Gasteiger partial charge in [0.25, 0.3) is 5.91 Å². The standard InChI is InChI=1S/C28H30FN5O4.C4H10/c1-33(28(38)24(13-18-7-8-18)32-26(36)19-9-11-21(29)12-10-19)17-25(35)34-16-20(14-23(34)15-30)27(37)31-22-5-3-2-4-6-22;1-4(2)3/h2-6,9-12,18,20,23-24H,7-8,13-14,16-17H2,1H3,(H,31,37)(H,32,36);4H,1-3H3. The average Bonchev–Trinajstić information content (AvgIpc) is 3.66. The highest BCUT2D eigenvalue weighted by Crippen LogP contribution is 2.34. The van der Waals surface area contributed by atoms with E-state index in [4.69, 9.17) is 0 Å². The maximum Gasteiger partial charge on any atom is 0.251 e. The number of carbonyl (C=O) groups excluding carboxylic acids is 4. The quantitative estimate of drug-likeness (QED) is 0.462. The third-order valence-corrected chi connectivity index (χ3v) is 6.91. The average molecular weight is 578 g/mol. The largest absolute Gasteiger partial charge is 0.340 e. The van der Waals surface area contributed by atoms with Gasteiger partial charge in [0.1, 0.15) is 17.9 Å². The fourth-order valence-corrected chi connectivity index (χ4v) is 4.58. The Balaban J connectivity index is 0.00000114. The van der Waals surface area contributed by atoms with Crippen molar-refractivity contribution in [2.75, 3.05) is 25.5 Å². The summed E-state index contributed by atoms with van der Waals surface area (Å²) in [5.41, 5.74) is 0.859. The second kappa shape index (κ2) is 15.1. The predicted molar refractivity (Wildman–Crippen MR) is 157 cm³/mol. The summed E-state index contributed by atoms with van der Waals surface area (Å²) in [6.45, 7) is 6.28. The van der Waals surface area contributed by atoms with E-state index in [9.17, 15) is 28.8 Å². The summed E-state index contributed by atoms with van der Waals surface area (Å²) in [6.07, 6.45) is 2.57. The molecule has 10 heteroatoms. The molecule has 1 aliphatic heterocycles. The number of benzene rings is 2. The van der Waals surface area contributed by atoms with Crippen LogP contribution in [0.15, 0.2) is 54.6 Å². The number of nitrogens with zero attached hydrogens (tertiary/aromatic N) is 3. The predicted octanol–water partition coefficient (Wildman–Crippen LogP) is 4.22. The zero-order chi connectivity index (χ0) is 30.8. The van der Waals surface area contributed by atoms with Gasteiger partial charge in [0.05, 0.1) is 18.5 Å². The number of nitriles is 1. The van der Waals surface area contributed by atoms with E-state index in [-0.39, 0.29) is 31.0 Å². The summed E-state index contributed by atoms with van der Waals surface area (Å²) < 4.78 is 13.2. The van der Waals surface area contributed by atoms with E-state index in [1.807, 2.05) is 6.07 Å². The highest BCUT2D eigenvalue weighted by molar-refractivity contribution is 5.98. The Morgan fingerprint density at radius 1 is 1.05 bits per heavy atom. The van der Waals surface area contributed by atoms with Crippen LogP contribution in [0, 0.1) is 34.9 Å². The minimum atomic E-state index is -0.840. The van der Waals surface area contributed by atoms with Crippen LogP contribution in [-0.4, -0.2) is 65.6 Å². The number of hydrogen-bond donors (Lipinski definition) is 2. The first-order valence-corrected chi connectivity index (χ1v) is 14.3. The van der Waals surface area contributed by atoms with Crippen LogP contribution in [0.25, 0.3) is 0 Å². The monoisotopic (exact) mass is 577 g/mol. The molecule has 1 saturated carbocycles. The Morgan fingerprint density at radius 3 is 2.24 bits per heavy atom. The van der Waals surface area contributed by atoms with Gasteiger partial charge in [0.15, 0.2) is 0 Å². The van der Waals surface area contributed by atoms with Gasteiger partial charge in [-0.3, -0.25) is 19.2 Å². The van der Waals surface area contributed by atoms with Crippen molar-refractivity contribution in [1.82, 2.24) is 15.1 Å². The zero-order valence-corrected chi connectivity index (χ0v) is 24.7. The van der Waals surface area contributed by atoms with Gasteiger partial charge in [-0.05, 0) is 61.1 Å². The first-order chi connectivity index (χ1) is 20.0. The molecule has 0 aromatic heterocycles. The number of halogens is 1. The number of likely N-dealkylation sites (tertiary alicyclic amines) is 1. The lowest BCUT2D eigenvalue weighted by Crippen LogP contribution is -2.50. The minimum absolute atomic E-state index is 0.0740. The summed E-state index contributed by atoms with van der Waals surface area (Å²) in [5, 5.41) is 15.1. The first-order valence-electron chi connectivity index (χ1n) is 14.3. The summed E-state index contributed by atoms with van der Waals surface area (Å²) in [7, 11) is 1.47. The third-order valence-electron chi connectivity index (χ3n) is 6.91. The van der Waals surface area contributed by atoms with Crippen molar-refractivity contribution in [1.29, 1.82) is 5.26 Å². The van der Waals surface area contributed by atoms with Gasteiger partial charge in [-0.1, -0.05) is 51.8 Å². The molecule has 0 bridgehead atoms. The molecular weight excluding hydrogens is 537 g/mol. The molecule has 4 amide bonds. The van der Waals surface area contributed by atoms with Gasteiger partial charge >= 0.3 is 0 Å². The molecule has 224 valence electrons. The molecule has 2 aliphatic rings. The number of nitrogens with one attached hydrogen (secondary N) is 2. The molecule has 3 atom stereocenters. The number of likely N-dealkylation sites (N-methyl/N-ethyl adjacent to an activating group) is 1. The maximum atomic E-state index is 13.3. The fourth-order valence-electron chi connectivity index (χ4n) is 4.58. The van der Waals surface area contributed by atoms with Gasteiger partial charge in [0.2, 0.25) is 17.7 Å². The van der Waals surface area contributed by atoms with Crippen molar-refractivity contribution in [3.8, 4) is 6.07 Å². The van der Waals surface area contributed by atoms with E-state index < -0.39 is 41.5 Å². The maximum absolute atomic E-state index is 13.3. The van der Waals surface area contributed by atoms with E-state index in [1.165, 1.54) is 41.1 Å². The Hall–Kier alpha value is -4.26. The van der Waals surface area contributed by atoms with Gasteiger partial charge in [-0.2, -0.15) is 5.26 Å². The normalized spacial score (nSPS) is 18.3. The van der Waals surface area contributed by atoms with E-state index in [0.717, 1.165) is 18.8 Å². The molecule has 2 fully saturated rings. The van der Waals surface area contributed by atoms with Gasteiger partial charge in [-0.25, -0.2) is 4.39 Å². The second-order valence-electron chi connectivity index (χ2n) is 11.6. The molecule has 42 heavy (non-hydrogen) atoms. The summed E-state index contributed by atoms with van der Waals surface area (Å²) in [6, 6.07) is 14.4. The van der Waals surface area contributed by atoms with Gasteiger partial charge in [0, 0.05) is 24.8 Å². The Kier molecular flexibility index (Phi) is 11.6. The van der Waals surface area contributed by atoms with Crippen molar-refractivity contribution in [2.45, 2.75) is 58.5 Å². The molecule has 4 rings (SSSR count). The molecule has 1 aliphatic carbocycles. The van der Waals surface area contributed by atoms with Gasteiger partial charge in [-0.15, -0.1) is 0 Å². The molecule has 0 radical (unpaired) electrons. The fraction of sp³-hybridized carbons (Fsp3) is 0.469. The summed E-state index contributed by atoms with van der Waals surface area (Å²) in [4.78, 5) is 54.4. The summed E-state index contributed by atoms with van der Waals surface area (Å²) >= 11 is 0. The lowest BCUT2D eigenvalue weighted by atomic mass is 10.1. The molecule has 2 N–H and O–H groups in total. The van der Waals surface area contributed by atoms with Crippen molar-refractivity contribution in [2.24, 2.45) is 17.8 Å². The molecule has 1 heterocycles. The lowest BCUT2D eigenvalue weighted by Gasteiger charge is -2.27. The molecule has 2 aromatic carbocycles. The van der Waals surface area contributed by atoms with Crippen LogP contribution in [0.2, 0.25) is 0 Å². The molecule has 9 nitrogen and oxygen atoms in total. The summed E-state index contributed by atoms with van der Waals surface area (Å²) in [5.74, 6) is -1.52. The topological polar surface area (TPSA) is 123 Å². The number of anilines is 1. The van der Waals surface area contributed by atoms with Crippen LogP contribution < -0.4 is 10.6 Å². The van der Waals surface area contributed by atoms with Crippen molar-refractivity contribution >= 4 is 29.3 Å². The van der Waals surface area contributed by atoms with Crippen LogP contribution >= 0.6 is 0 Å². The van der Waals surface area contributed by atoms with Crippen LogP contribution in [-0.2, 0) is 14.4 Å². The molecular formula is C32H40FN5O4. The number of para-hydroxylation sites is 1. The van der Waals surface area contributed by atoms with Crippen molar-refractivity contribution in [3.63, 3.8) is 0 Å². The van der Waals surface area contributed by atoms with Gasteiger partial charge < -0.3 is 20.4 Å². The minimum Gasteiger partial charge on any atom is -0.340 e. The van der Waals surface area contributed by atoms with Crippen LogP contribution in [0.3, 0.4) is 0 Å². The number of rotatable bonds is 9. The van der Waals surface area contributed by atoms with Crippen LogP contribution in [0.4, 0.5) is 10.1 Å². The van der Waals surface area contributed by atoms with E-state index >= 15 is 0 Å². The van der Waals surface area contributed by atoms with Crippen LogP contribution in [0.1, 0.15) is 56.8 Å². The van der Waals surface area contributed by atoms with E-state index in [0.29, 0.717) is 18.0 Å². The number of amides is 4. The zero-order valence-electron chi connectivity index (χ0n) is 24.7. The van der Waals surface area contributed by atoms with Crippen molar-refractivity contribution < 1.29 is 23.6 Å². The van der Waals surface area contributed by atoms with E-state index in [2.05, 4.69) is 37.5 Å². The third kappa shape index (κ3) is 9.68. The van der Waals surface area contributed by atoms with Crippen LogP contribution in [0.5, 0.6) is 0 Å². The molecule has 0 spiro atoms. The highest BCUT2D eigenvalue weighted by atomic mass is 19.1. The molecule has 3 unspecified atom stereocenters. The number of carbonyl (C=O) groups is 4. The van der Waals surface area contributed by atoms with Crippen molar-refractivity contribution in [3.05, 3.63) is 66.0 Å². The highest BCUT2D eigenvalue weighted by Gasteiger charge is 2.40. The lowest BCUT2D eigenvalue weighted by molar-refractivity contribution is -0.140. The molecule has 1 saturated heterocycles. The Bertz CT molecular complexity index is 1270. The van der Waals surface area contributed by atoms with E-state index in [1.54, 1.807) is 24.3 Å². The second-order valence-corrected chi connectivity index (χ2v) is 11.6. The number of hydrogen-bond acceptors (Lipinski definition) is 5.